The Hall–Kier alpha value is -1.59. The number of carbonyl (C=O) groups is 1. The van der Waals surface area contributed by atoms with Crippen LogP contribution >= 0.6 is 0 Å². The van der Waals surface area contributed by atoms with E-state index in [2.05, 4.69) is 6.92 Å². The Morgan fingerprint density at radius 2 is 1.92 bits per heavy atom. The van der Waals surface area contributed by atoms with Gasteiger partial charge in [0, 0.05) is 6.61 Å². The van der Waals surface area contributed by atoms with Gasteiger partial charge in [-0.05, 0) is 30.9 Å². The average molecular weight is 337 g/mol. The quantitative estimate of drug-likeness (QED) is 0.455. The maximum Gasteiger partial charge on any atom is 0.336 e. The summed E-state index contributed by atoms with van der Waals surface area (Å²) < 4.78 is 11.7. The first-order valence-electron chi connectivity index (χ1n) is 8.84. The van der Waals surface area contributed by atoms with E-state index in [0.29, 0.717) is 25.0 Å². The Bertz CT molecular complexity index is 501. The third-order valence-electron chi connectivity index (χ3n) is 3.92. The van der Waals surface area contributed by atoms with E-state index >= 15 is 0 Å². The van der Waals surface area contributed by atoms with Gasteiger partial charge in [0.05, 0.1) is 11.7 Å². The second-order valence-electron chi connectivity index (χ2n) is 5.86. The molecule has 0 fully saturated rings. The predicted octanol–water partition coefficient (Wildman–Crippen LogP) is 4.26. The summed E-state index contributed by atoms with van der Waals surface area (Å²) in [6.07, 6.45) is 4.86. The minimum atomic E-state index is -1.06. The molecule has 0 heterocycles. The van der Waals surface area contributed by atoms with Crippen molar-refractivity contribution in [2.45, 2.75) is 71.7 Å². The molecule has 0 bridgehead atoms. The topological polar surface area (TPSA) is 78.8 Å². The van der Waals surface area contributed by atoms with Gasteiger partial charge in [-0.2, -0.15) is 0 Å². The molecule has 0 saturated heterocycles. The van der Waals surface area contributed by atoms with Crippen molar-refractivity contribution in [2.75, 3.05) is 6.61 Å². The number of ether oxygens (including phenoxy) is 2. The molecule has 1 aromatic rings. The molecule has 0 aliphatic heterocycles. The van der Waals surface area contributed by atoms with Crippen LogP contribution in [0.15, 0.2) is 18.2 Å². The number of unbranched alkanes of at least 4 members (excludes halogenated alkanes) is 3. The first-order valence-corrected chi connectivity index (χ1v) is 8.84. The highest BCUT2D eigenvalue weighted by Gasteiger charge is 2.21. The van der Waals surface area contributed by atoms with Crippen molar-refractivity contribution in [1.29, 1.82) is 0 Å². The molecule has 0 spiro atoms. The second kappa shape index (κ2) is 11.0. The number of rotatable bonds is 12. The number of hydrogen-bond donors (Lipinski definition) is 1. The molecule has 1 aromatic carbocycles. The summed E-state index contributed by atoms with van der Waals surface area (Å²) in [5.41, 5.74) is 0.532. The summed E-state index contributed by atoms with van der Waals surface area (Å²) in [5.74, 6) is -1.27. The third-order valence-corrected chi connectivity index (χ3v) is 3.92. The van der Waals surface area contributed by atoms with Crippen LogP contribution < -0.4 is 5.11 Å². The highest BCUT2D eigenvalue weighted by atomic mass is 16.7. The lowest BCUT2D eigenvalue weighted by Crippen LogP contribution is -2.21. The molecular weight excluding hydrogens is 308 g/mol. The summed E-state index contributed by atoms with van der Waals surface area (Å²) in [5, 5.41) is 21.0. The molecule has 0 aliphatic carbocycles. The lowest BCUT2D eigenvalue weighted by Gasteiger charge is -2.26. The molecule has 136 valence electrons. The third kappa shape index (κ3) is 6.49. The zero-order valence-electron chi connectivity index (χ0n) is 14.9. The van der Waals surface area contributed by atoms with E-state index in [1.807, 2.05) is 13.8 Å². The maximum absolute atomic E-state index is 11.6. The molecule has 24 heavy (non-hydrogen) atoms. The van der Waals surface area contributed by atoms with Crippen molar-refractivity contribution in [3.63, 3.8) is 0 Å². The Morgan fingerprint density at radius 3 is 2.50 bits per heavy atom. The van der Waals surface area contributed by atoms with Crippen LogP contribution in [0.25, 0.3) is 0 Å². The van der Waals surface area contributed by atoms with Crippen LogP contribution in [0.3, 0.4) is 0 Å². The van der Waals surface area contributed by atoms with Gasteiger partial charge in [-0.25, -0.2) is 4.79 Å². The summed E-state index contributed by atoms with van der Waals surface area (Å²) in [4.78, 5) is 11.4. The Morgan fingerprint density at radius 1 is 1.17 bits per heavy atom. The summed E-state index contributed by atoms with van der Waals surface area (Å²) in [6.45, 7) is 6.66. The fourth-order valence-electron chi connectivity index (χ4n) is 2.57. The number of benzene rings is 1. The number of hydrogen-bond acceptors (Lipinski definition) is 4. The fraction of sp³-hybridized carbons (Fsp3) is 0.632. The number of carboxylic acid groups (broad SMARTS) is 1. The van der Waals surface area contributed by atoms with E-state index in [1.165, 1.54) is 31.0 Å². The van der Waals surface area contributed by atoms with Crippen LogP contribution in [0, 0.1) is 0 Å². The standard InChI is InChI=1S/C19H30O5/c1-4-7-8-9-12-23-18(6-3)24-17(5-2)16-13-14(20)10-11-15(16)19(21)22/h10-11,13,17-18,20H,4-9,12H2,1-3H3,(H,21,22)/p-1. The van der Waals surface area contributed by atoms with E-state index in [1.54, 1.807) is 0 Å². The monoisotopic (exact) mass is 337 g/mol. The van der Waals surface area contributed by atoms with Crippen LogP contribution in [0.2, 0.25) is 0 Å². The van der Waals surface area contributed by atoms with E-state index < -0.39 is 18.4 Å². The lowest BCUT2D eigenvalue weighted by molar-refractivity contribution is -0.268. The summed E-state index contributed by atoms with van der Waals surface area (Å²) in [7, 11) is 0. The molecular formula is C19H29O5-. The largest absolute Gasteiger partial charge is 0.872 e. The smallest absolute Gasteiger partial charge is 0.336 e. The first kappa shape index (κ1) is 20.5. The van der Waals surface area contributed by atoms with E-state index in [-0.39, 0.29) is 11.3 Å². The van der Waals surface area contributed by atoms with Gasteiger partial charge < -0.3 is 19.7 Å². The van der Waals surface area contributed by atoms with Gasteiger partial charge in [0.2, 0.25) is 0 Å². The average Bonchev–Trinajstić information content (AvgIpc) is 2.57. The second-order valence-corrected chi connectivity index (χ2v) is 5.86. The molecule has 0 saturated carbocycles. The molecule has 1 N–H and O–H groups in total. The Balaban J connectivity index is 2.74. The first-order chi connectivity index (χ1) is 11.5. The van der Waals surface area contributed by atoms with E-state index in [9.17, 15) is 15.0 Å². The van der Waals surface area contributed by atoms with E-state index in [4.69, 9.17) is 9.47 Å². The molecule has 0 aliphatic rings. The van der Waals surface area contributed by atoms with Crippen molar-refractivity contribution >= 4 is 5.97 Å². The van der Waals surface area contributed by atoms with Crippen molar-refractivity contribution in [3.05, 3.63) is 29.3 Å². The van der Waals surface area contributed by atoms with E-state index in [0.717, 1.165) is 12.8 Å². The lowest BCUT2D eigenvalue weighted by atomic mass is 10.00. The SMILES string of the molecule is CCCCCCOC(CC)OC(CC)c1cc([O-])ccc1C(=O)O. The van der Waals surface area contributed by atoms with Crippen molar-refractivity contribution in [1.82, 2.24) is 0 Å². The molecule has 0 amide bonds. The molecule has 5 nitrogen and oxygen atoms in total. The van der Waals surface area contributed by atoms with Crippen LogP contribution in [0.5, 0.6) is 5.75 Å². The van der Waals surface area contributed by atoms with Crippen molar-refractivity contribution in [3.8, 4) is 5.75 Å². The molecule has 1 rings (SSSR count). The van der Waals surface area contributed by atoms with Crippen molar-refractivity contribution in [2.24, 2.45) is 0 Å². The summed E-state index contributed by atoms with van der Waals surface area (Å²) in [6, 6.07) is 3.96. The molecule has 0 radical (unpaired) electrons. The van der Waals surface area contributed by atoms with Gasteiger partial charge in [0.15, 0.2) is 6.29 Å². The number of aromatic carboxylic acids is 1. The van der Waals surface area contributed by atoms with Crippen LogP contribution in [-0.2, 0) is 9.47 Å². The Labute approximate surface area is 144 Å². The Kier molecular flexibility index (Phi) is 9.42. The van der Waals surface area contributed by atoms with Crippen molar-refractivity contribution < 1.29 is 24.5 Å². The molecule has 5 heteroatoms. The van der Waals surface area contributed by atoms with Gasteiger partial charge in [-0.15, -0.1) is 5.75 Å². The van der Waals surface area contributed by atoms with Gasteiger partial charge in [-0.3, -0.25) is 0 Å². The molecule has 0 aromatic heterocycles. The zero-order chi connectivity index (χ0) is 17.9. The van der Waals surface area contributed by atoms with Gasteiger partial charge >= 0.3 is 5.97 Å². The minimum Gasteiger partial charge on any atom is -0.872 e. The van der Waals surface area contributed by atoms with Crippen LogP contribution in [0.4, 0.5) is 0 Å². The normalized spacial score (nSPS) is 13.6. The maximum atomic E-state index is 11.6. The molecule has 2 atom stereocenters. The highest BCUT2D eigenvalue weighted by molar-refractivity contribution is 5.89. The van der Waals surface area contributed by atoms with Gasteiger partial charge in [-0.1, -0.05) is 52.2 Å². The highest BCUT2D eigenvalue weighted by Crippen LogP contribution is 2.29. The fourth-order valence-corrected chi connectivity index (χ4v) is 2.57. The summed E-state index contributed by atoms with van der Waals surface area (Å²) >= 11 is 0. The predicted molar refractivity (Wildman–Crippen MR) is 91.1 cm³/mol. The zero-order valence-corrected chi connectivity index (χ0v) is 14.9. The van der Waals surface area contributed by atoms with Gasteiger partial charge in [0.1, 0.15) is 0 Å². The van der Waals surface area contributed by atoms with Crippen LogP contribution in [0.1, 0.15) is 81.3 Å². The number of carboxylic acids is 1. The minimum absolute atomic E-state index is 0.110. The van der Waals surface area contributed by atoms with Gasteiger partial charge in [0.25, 0.3) is 0 Å². The molecule has 2 unspecified atom stereocenters. The van der Waals surface area contributed by atoms with Crippen LogP contribution in [-0.4, -0.2) is 24.0 Å².